The summed E-state index contributed by atoms with van der Waals surface area (Å²) in [6, 6.07) is 3.83. The summed E-state index contributed by atoms with van der Waals surface area (Å²) in [5.74, 6) is 0.100. The number of pyridine rings is 1. The molecule has 0 saturated carbocycles. The molecule has 2 aliphatic heterocycles. The Labute approximate surface area is 126 Å². The molecule has 0 aromatic carbocycles. The summed E-state index contributed by atoms with van der Waals surface area (Å²) in [5, 5.41) is 0. The Hall–Kier alpha value is -2.57. The Bertz CT molecular complexity index is 693. The maximum atomic E-state index is 13.0. The normalized spacial score (nSPS) is 24.0. The van der Waals surface area contributed by atoms with E-state index >= 15 is 0 Å². The van der Waals surface area contributed by atoms with Crippen molar-refractivity contribution in [3.63, 3.8) is 0 Å². The maximum Gasteiger partial charge on any atom is 0.229 e. The second-order valence-corrected chi connectivity index (χ2v) is 5.50. The molecule has 2 saturated heterocycles. The summed E-state index contributed by atoms with van der Waals surface area (Å²) in [6.45, 7) is 0.755. The van der Waals surface area contributed by atoms with Crippen molar-refractivity contribution in [1.82, 2.24) is 15.0 Å². The summed E-state index contributed by atoms with van der Waals surface area (Å²) in [5.41, 5.74) is 0.821. The molecule has 0 bridgehead atoms. The van der Waals surface area contributed by atoms with Crippen LogP contribution in [-0.4, -0.2) is 39.5 Å². The minimum absolute atomic E-state index is 0.0261. The topological polar surface area (TPSA) is 62.2 Å². The SMILES string of the molecule is O=C1C[C@@H]2[C@H](CCN2c2ncc(F)cn2)N1c1cccnc1. The molecule has 2 fully saturated rings. The van der Waals surface area contributed by atoms with Crippen molar-refractivity contribution in [1.29, 1.82) is 0 Å². The Morgan fingerprint density at radius 1 is 1.18 bits per heavy atom. The van der Waals surface area contributed by atoms with Gasteiger partial charge in [-0.1, -0.05) is 0 Å². The quantitative estimate of drug-likeness (QED) is 0.838. The molecular formula is C15H14FN5O. The van der Waals surface area contributed by atoms with Crippen LogP contribution >= 0.6 is 0 Å². The van der Waals surface area contributed by atoms with E-state index in [4.69, 9.17) is 0 Å². The van der Waals surface area contributed by atoms with Crippen LogP contribution in [0.2, 0.25) is 0 Å². The van der Waals surface area contributed by atoms with E-state index in [1.54, 1.807) is 12.4 Å². The molecule has 4 heterocycles. The lowest BCUT2D eigenvalue weighted by molar-refractivity contribution is -0.117. The van der Waals surface area contributed by atoms with E-state index < -0.39 is 5.82 Å². The fraction of sp³-hybridized carbons (Fsp3) is 0.333. The molecule has 1 amide bonds. The molecule has 0 unspecified atom stereocenters. The predicted octanol–water partition coefficient (Wildman–Crippen LogP) is 1.39. The molecule has 0 radical (unpaired) electrons. The van der Waals surface area contributed by atoms with Crippen molar-refractivity contribution in [2.75, 3.05) is 16.3 Å². The molecule has 4 rings (SSSR count). The average molecular weight is 299 g/mol. The number of rotatable bonds is 2. The number of nitrogens with zero attached hydrogens (tertiary/aromatic N) is 5. The number of hydrogen-bond acceptors (Lipinski definition) is 5. The van der Waals surface area contributed by atoms with E-state index in [1.807, 2.05) is 21.9 Å². The first-order valence-electron chi connectivity index (χ1n) is 7.20. The van der Waals surface area contributed by atoms with Gasteiger partial charge in [0.2, 0.25) is 11.9 Å². The van der Waals surface area contributed by atoms with Gasteiger partial charge >= 0.3 is 0 Å². The number of carbonyl (C=O) groups excluding carboxylic acids is 1. The lowest BCUT2D eigenvalue weighted by atomic mass is 10.1. The molecule has 112 valence electrons. The summed E-state index contributed by atoms with van der Waals surface area (Å²) < 4.78 is 13.0. The van der Waals surface area contributed by atoms with Gasteiger partial charge in [0.05, 0.1) is 36.4 Å². The van der Waals surface area contributed by atoms with Crippen molar-refractivity contribution in [2.45, 2.75) is 24.9 Å². The molecule has 2 aromatic heterocycles. The van der Waals surface area contributed by atoms with E-state index in [0.29, 0.717) is 12.4 Å². The third-order valence-electron chi connectivity index (χ3n) is 4.28. The van der Waals surface area contributed by atoms with Crippen LogP contribution in [0.25, 0.3) is 0 Å². The van der Waals surface area contributed by atoms with Gasteiger partial charge in [0.15, 0.2) is 5.82 Å². The monoisotopic (exact) mass is 299 g/mol. The third-order valence-corrected chi connectivity index (χ3v) is 4.28. The highest BCUT2D eigenvalue weighted by atomic mass is 19.1. The molecule has 0 aliphatic carbocycles. The van der Waals surface area contributed by atoms with Gasteiger partial charge in [0.25, 0.3) is 0 Å². The first-order valence-corrected chi connectivity index (χ1v) is 7.20. The van der Waals surface area contributed by atoms with E-state index in [1.165, 1.54) is 0 Å². The minimum atomic E-state index is -0.459. The third kappa shape index (κ3) is 2.01. The van der Waals surface area contributed by atoms with E-state index in [2.05, 4.69) is 15.0 Å². The fourth-order valence-electron chi connectivity index (χ4n) is 3.38. The van der Waals surface area contributed by atoms with E-state index in [0.717, 1.165) is 31.0 Å². The van der Waals surface area contributed by atoms with Crippen molar-refractivity contribution in [2.24, 2.45) is 0 Å². The van der Waals surface area contributed by atoms with Crippen LogP contribution in [0.1, 0.15) is 12.8 Å². The second-order valence-electron chi connectivity index (χ2n) is 5.50. The molecule has 2 atom stereocenters. The summed E-state index contributed by atoms with van der Waals surface area (Å²) >= 11 is 0. The number of carbonyl (C=O) groups is 1. The Morgan fingerprint density at radius 3 is 2.73 bits per heavy atom. The van der Waals surface area contributed by atoms with Crippen LogP contribution in [0.3, 0.4) is 0 Å². The number of amides is 1. The van der Waals surface area contributed by atoms with Crippen LogP contribution in [-0.2, 0) is 4.79 Å². The molecule has 2 aromatic rings. The Balaban J connectivity index is 1.63. The van der Waals surface area contributed by atoms with Crippen LogP contribution < -0.4 is 9.80 Å². The first kappa shape index (κ1) is 13.1. The largest absolute Gasteiger partial charge is 0.335 e. The fourth-order valence-corrected chi connectivity index (χ4v) is 3.38. The molecule has 0 spiro atoms. The maximum absolute atomic E-state index is 13.0. The van der Waals surface area contributed by atoms with Gasteiger partial charge in [-0.15, -0.1) is 0 Å². The molecule has 6 nitrogen and oxygen atoms in total. The molecule has 22 heavy (non-hydrogen) atoms. The summed E-state index contributed by atoms with van der Waals surface area (Å²) in [7, 11) is 0. The number of halogens is 1. The van der Waals surface area contributed by atoms with Crippen molar-refractivity contribution in [3.05, 3.63) is 42.7 Å². The van der Waals surface area contributed by atoms with Gasteiger partial charge in [-0.05, 0) is 18.6 Å². The highest BCUT2D eigenvalue weighted by molar-refractivity contribution is 5.97. The average Bonchev–Trinajstić information content (AvgIpc) is 3.07. The summed E-state index contributed by atoms with van der Waals surface area (Å²) in [6.07, 6.45) is 6.97. The zero-order valence-electron chi connectivity index (χ0n) is 11.8. The first-order chi connectivity index (χ1) is 10.7. The zero-order valence-corrected chi connectivity index (χ0v) is 11.8. The lowest BCUT2D eigenvalue weighted by Crippen LogP contribution is -2.38. The van der Waals surface area contributed by atoms with Gasteiger partial charge in [-0.2, -0.15) is 0 Å². The number of fused-ring (bicyclic) bond motifs is 1. The molecule has 0 N–H and O–H groups in total. The number of anilines is 2. The second kappa shape index (κ2) is 5.01. The van der Waals surface area contributed by atoms with Crippen molar-refractivity contribution < 1.29 is 9.18 Å². The van der Waals surface area contributed by atoms with Crippen molar-refractivity contribution in [3.8, 4) is 0 Å². The van der Waals surface area contributed by atoms with E-state index in [9.17, 15) is 9.18 Å². The van der Waals surface area contributed by atoms with Gasteiger partial charge < -0.3 is 9.80 Å². The molecular weight excluding hydrogens is 285 g/mol. The lowest BCUT2D eigenvalue weighted by Gasteiger charge is -2.25. The van der Waals surface area contributed by atoms with Gasteiger partial charge in [-0.3, -0.25) is 9.78 Å². The highest BCUT2D eigenvalue weighted by Gasteiger charge is 2.48. The standard InChI is InChI=1S/C15H14FN5O/c16-10-7-18-15(19-8-10)20-5-3-12-13(20)6-14(22)21(12)11-2-1-4-17-9-11/h1-2,4,7-9,12-13H,3,5-6H2/t12-,13+/m0/s1. The minimum Gasteiger partial charge on any atom is -0.335 e. The zero-order chi connectivity index (χ0) is 15.1. The van der Waals surface area contributed by atoms with E-state index in [-0.39, 0.29) is 18.0 Å². The predicted molar refractivity (Wildman–Crippen MR) is 77.9 cm³/mol. The summed E-state index contributed by atoms with van der Waals surface area (Å²) in [4.78, 5) is 28.4. The van der Waals surface area contributed by atoms with Gasteiger partial charge in [0.1, 0.15) is 0 Å². The van der Waals surface area contributed by atoms with Crippen LogP contribution in [0.5, 0.6) is 0 Å². The van der Waals surface area contributed by atoms with Gasteiger partial charge in [0, 0.05) is 19.2 Å². The number of hydrogen-bond donors (Lipinski definition) is 0. The molecule has 7 heteroatoms. The van der Waals surface area contributed by atoms with Crippen LogP contribution in [0.15, 0.2) is 36.9 Å². The Kier molecular flexibility index (Phi) is 2.99. The highest BCUT2D eigenvalue weighted by Crippen LogP contribution is 2.36. The van der Waals surface area contributed by atoms with Crippen LogP contribution in [0, 0.1) is 5.82 Å². The Morgan fingerprint density at radius 2 is 2.00 bits per heavy atom. The van der Waals surface area contributed by atoms with Gasteiger partial charge in [-0.25, -0.2) is 14.4 Å². The van der Waals surface area contributed by atoms with Crippen molar-refractivity contribution >= 4 is 17.5 Å². The molecule has 2 aliphatic rings. The van der Waals surface area contributed by atoms with Crippen LogP contribution in [0.4, 0.5) is 16.0 Å². The smallest absolute Gasteiger partial charge is 0.229 e. The number of aromatic nitrogens is 3.